The van der Waals surface area contributed by atoms with Gasteiger partial charge in [0.1, 0.15) is 17.5 Å². The van der Waals surface area contributed by atoms with Crippen LogP contribution in [0.5, 0.6) is 5.75 Å². The molecule has 102 valence electrons. The van der Waals surface area contributed by atoms with Gasteiger partial charge in [-0.1, -0.05) is 18.2 Å². The van der Waals surface area contributed by atoms with Crippen molar-refractivity contribution < 1.29 is 4.74 Å². The number of ether oxygens (including phenoxy) is 1. The van der Waals surface area contributed by atoms with Crippen molar-refractivity contribution in [1.29, 1.82) is 5.26 Å². The highest BCUT2D eigenvalue weighted by atomic mass is 16.5. The molecule has 1 aromatic heterocycles. The summed E-state index contributed by atoms with van der Waals surface area (Å²) in [5, 5.41) is 9.04. The van der Waals surface area contributed by atoms with E-state index in [1.54, 1.807) is 13.3 Å². The van der Waals surface area contributed by atoms with E-state index in [0.717, 1.165) is 17.9 Å². The predicted octanol–water partition coefficient (Wildman–Crippen LogP) is 2.59. The fourth-order valence-electron chi connectivity index (χ4n) is 2.10. The minimum Gasteiger partial charge on any atom is -0.497 e. The highest BCUT2D eigenvalue weighted by Crippen LogP contribution is 2.15. The van der Waals surface area contributed by atoms with Gasteiger partial charge in [-0.15, -0.1) is 0 Å². The molecule has 0 saturated heterocycles. The average molecular weight is 267 g/mol. The summed E-state index contributed by atoms with van der Waals surface area (Å²) in [5.74, 6) is 0.856. The van der Waals surface area contributed by atoms with Crippen LogP contribution in [0.2, 0.25) is 0 Å². The summed E-state index contributed by atoms with van der Waals surface area (Å²) >= 11 is 0. The van der Waals surface area contributed by atoms with Gasteiger partial charge in [0.15, 0.2) is 0 Å². The lowest BCUT2D eigenvalue weighted by molar-refractivity contribution is 0.317. The minimum absolute atomic E-state index is 0.491. The second kappa shape index (κ2) is 6.69. The van der Waals surface area contributed by atoms with Gasteiger partial charge in [-0.2, -0.15) is 5.26 Å². The molecule has 0 aliphatic rings. The quantitative estimate of drug-likeness (QED) is 0.835. The molecule has 0 aliphatic heterocycles. The zero-order valence-corrected chi connectivity index (χ0v) is 11.7. The second-order valence-corrected chi connectivity index (χ2v) is 4.65. The maximum atomic E-state index is 9.04. The van der Waals surface area contributed by atoms with Crippen LogP contribution in [0, 0.1) is 11.3 Å². The summed E-state index contributed by atoms with van der Waals surface area (Å²) in [7, 11) is 3.69. The molecule has 0 unspecified atom stereocenters. The number of aromatic nitrogens is 1. The number of benzene rings is 1. The zero-order valence-electron chi connectivity index (χ0n) is 11.7. The first-order chi connectivity index (χ1) is 9.72. The van der Waals surface area contributed by atoms with Gasteiger partial charge >= 0.3 is 0 Å². The molecule has 20 heavy (non-hydrogen) atoms. The van der Waals surface area contributed by atoms with Crippen LogP contribution in [0.4, 0.5) is 0 Å². The highest BCUT2D eigenvalue weighted by Gasteiger charge is 2.07. The van der Waals surface area contributed by atoms with Crippen molar-refractivity contribution in [3.05, 3.63) is 59.4 Å². The Labute approximate surface area is 119 Å². The monoisotopic (exact) mass is 267 g/mol. The highest BCUT2D eigenvalue weighted by molar-refractivity contribution is 5.31. The van der Waals surface area contributed by atoms with E-state index in [2.05, 4.69) is 22.0 Å². The number of pyridine rings is 1. The van der Waals surface area contributed by atoms with Gasteiger partial charge in [0.25, 0.3) is 0 Å². The molecular formula is C16H17N3O. The summed E-state index contributed by atoms with van der Waals surface area (Å²) in [4.78, 5) is 6.22. The molecule has 0 amide bonds. The van der Waals surface area contributed by atoms with Gasteiger partial charge in [0, 0.05) is 24.8 Å². The van der Waals surface area contributed by atoms with E-state index in [4.69, 9.17) is 10.00 Å². The van der Waals surface area contributed by atoms with E-state index < -0.39 is 0 Å². The van der Waals surface area contributed by atoms with Crippen molar-refractivity contribution >= 4 is 0 Å². The lowest BCUT2D eigenvalue weighted by Gasteiger charge is -2.17. The first-order valence-electron chi connectivity index (χ1n) is 6.38. The molecule has 2 rings (SSSR count). The average Bonchev–Trinajstić information content (AvgIpc) is 2.48. The molecule has 1 aromatic carbocycles. The Morgan fingerprint density at radius 1 is 1.25 bits per heavy atom. The summed E-state index contributed by atoms with van der Waals surface area (Å²) in [6.45, 7) is 1.48. The molecule has 0 spiro atoms. The Hall–Kier alpha value is -2.38. The Morgan fingerprint density at radius 2 is 2.10 bits per heavy atom. The number of hydrogen-bond acceptors (Lipinski definition) is 4. The van der Waals surface area contributed by atoms with Gasteiger partial charge in [-0.25, -0.2) is 4.98 Å². The normalized spacial score (nSPS) is 10.3. The fourth-order valence-corrected chi connectivity index (χ4v) is 2.10. The van der Waals surface area contributed by atoms with Crippen molar-refractivity contribution in [3.8, 4) is 11.8 Å². The molecule has 0 bridgehead atoms. The first-order valence-corrected chi connectivity index (χ1v) is 6.38. The second-order valence-electron chi connectivity index (χ2n) is 4.65. The van der Waals surface area contributed by atoms with Crippen molar-refractivity contribution in [3.63, 3.8) is 0 Å². The van der Waals surface area contributed by atoms with E-state index in [1.165, 1.54) is 5.56 Å². The molecule has 0 atom stereocenters. The van der Waals surface area contributed by atoms with Crippen molar-refractivity contribution in [2.75, 3.05) is 14.2 Å². The molecule has 0 fully saturated rings. The lowest BCUT2D eigenvalue weighted by atomic mass is 10.1. The smallest absolute Gasteiger partial charge is 0.144 e. The third-order valence-corrected chi connectivity index (χ3v) is 3.02. The predicted molar refractivity (Wildman–Crippen MR) is 77.1 cm³/mol. The Bertz CT molecular complexity index is 619. The SMILES string of the molecule is COc1cccc(CN(C)Cc2cccnc2C#N)c1. The van der Waals surface area contributed by atoms with Crippen LogP contribution < -0.4 is 4.74 Å². The summed E-state index contributed by atoms with van der Waals surface area (Å²) < 4.78 is 5.22. The minimum atomic E-state index is 0.491. The molecule has 0 N–H and O–H groups in total. The van der Waals surface area contributed by atoms with E-state index in [-0.39, 0.29) is 0 Å². The van der Waals surface area contributed by atoms with E-state index in [1.807, 2.05) is 37.4 Å². The van der Waals surface area contributed by atoms with Crippen LogP contribution in [0.1, 0.15) is 16.8 Å². The van der Waals surface area contributed by atoms with Crippen molar-refractivity contribution in [2.45, 2.75) is 13.1 Å². The molecule has 4 nitrogen and oxygen atoms in total. The Balaban J connectivity index is 2.05. The number of nitriles is 1. The van der Waals surface area contributed by atoms with Crippen molar-refractivity contribution in [2.24, 2.45) is 0 Å². The van der Waals surface area contributed by atoms with Gasteiger partial charge in [-0.3, -0.25) is 4.90 Å². The van der Waals surface area contributed by atoms with Crippen LogP contribution in [-0.2, 0) is 13.1 Å². The number of hydrogen-bond donors (Lipinski definition) is 0. The number of nitrogens with zero attached hydrogens (tertiary/aromatic N) is 3. The first kappa shape index (κ1) is 14.0. The molecule has 0 radical (unpaired) electrons. The van der Waals surface area contributed by atoms with E-state index in [0.29, 0.717) is 12.2 Å². The maximum Gasteiger partial charge on any atom is 0.144 e. The van der Waals surface area contributed by atoms with Gasteiger partial charge < -0.3 is 4.74 Å². The third-order valence-electron chi connectivity index (χ3n) is 3.02. The fraction of sp³-hybridized carbons (Fsp3) is 0.250. The lowest BCUT2D eigenvalue weighted by Crippen LogP contribution is -2.18. The molecule has 2 aromatic rings. The van der Waals surface area contributed by atoms with Crippen LogP contribution in [0.25, 0.3) is 0 Å². The Kier molecular flexibility index (Phi) is 4.70. The Morgan fingerprint density at radius 3 is 2.85 bits per heavy atom. The van der Waals surface area contributed by atoms with Gasteiger partial charge in [0.05, 0.1) is 7.11 Å². The van der Waals surface area contributed by atoms with Crippen LogP contribution in [0.3, 0.4) is 0 Å². The molecule has 0 aliphatic carbocycles. The topological polar surface area (TPSA) is 49.1 Å². The molecule has 1 heterocycles. The van der Waals surface area contributed by atoms with Gasteiger partial charge in [-0.05, 0) is 30.8 Å². The molecule has 4 heteroatoms. The number of methoxy groups -OCH3 is 1. The van der Waals surface area contributed by atoms with Crippen LogP contribution in [-0.4, -0.2) is 24.0 Å². The molecule has 0 saturated carbocycles. The van der Waals surface area contributed by atoms with Gasteiger partial charge in [0.2, 0.25) is 0 Å². The van der Waals surface area contributed by atoms with Crippen LogP contribution in [0.15, 0.2) is 42.6 Å². The summed E-state index contributed by atoms with van der Waals surface area (Å²) in [6.07, 6.45) is 1.64. The molecular weight excluding hydrogens is 250 g/mol. The van der Waals surface area contributed by atoms with E-state index in [9.17, 15) is 0 Å². The standard InChI is InChI=1S/C16H17N3O/c1-19(11-13-5-3-7-15(9-13)20-2)12-14-6-4-8-18-16(14)10-17/h3-9H,11-12H2,1-2H3. The summed E-state index contributed by atoms with van der Waals surface area (Å²) in [5.41, 5.74) is 2.61. The zero-order chi connectivity index (χ0) is 14.4. The van der Waals surface area contributed by atoms with E-state index >= 15 is 0 Å². The van der Waals surface area contributed by atoms with Crippen molar-refractivity contribution in [1.82, 2.24) is 9.88 Å². The largest absolute Gasteiger partial charge is 0.497 e. The van der Waals surface area contributed by atoms with Crippen LogP contribution >= 0.6 is 0 Å². The number of rotatable bonds is 5. The third kappa shape index (κ3) is 3.56. The summed E-state index contributed by atoms with van der Waals surface area (Å²) in [6, 6.07) is 13.9. The maximum absolute atomic E-state index is 9.04.